The number of carbonyl (C=O) groups excluding carboxylic acids is 1. The highest BCUT2D eigenvalue weighted by Gasteiger charge is 2.39. The molecular formula is C12H14BrNO2. The molecule has 0 atom stereocenters. The van der Waals surface area contributed by atoms with Gasteiger partial charge in [-0.1, -0.05) is 15.9 Å². The molecule has 1 heterocycles. The molecule has 0 radical (unpaired) electrons. The van der Waals surface area contributed by atoms with Gasteiger partial charge in [-0.05, 0) is 37.6 Å². The molecule has 1 aromatic rings. The van der Waals surface area contributed by atoms with Gasteiger partial charge in [-0.25, -0.2) is 0 Å². The van der Waals surface area contributed by atoms with E-state index in [0.717, 1.165) is 10.0 Å². The maximum Gasteiger partial charge on any atom is 0.254 e. The fourth-order valence-corrected chi connectivity index (χ4v) is 2.13. The van der Waals surface area contributed by atoms with Gasteiger partial charge >= 0.3 is 0 Å². The second-order valence-corrected chi connectivity index (χ2v) is 5.48. The third-order valence-corrected chi connectivity index (χ3v) is 3.64. The molecule has 3 nitrogen and oxygen atoms in total. The van der Waals surface area contributed by atoms with E-state index in [9.17, 15) is 9.90 Å². The highest BCUT2D eigenvalue weighted by molar-refractivity contribution is 9.10. The Labute approximate surface area is 103 Å². The monoisotopic (exact) mass is 283 g/mol. The van der Waals surface area contributed by atoms with Gasteiger partial charge in [-0.3, -0.25) is 4.79 Å². The molecule has 1 aliphatic heterocycles. The minimum Gasteiger partial charge on any atom is -0.386 e. The van der Waals surface area contributed by atoms with Gasteiger partial charge < -0.3 is 10.0 Å². The highest BCUT2D eigenvalue weighted by Crippen LogP contribution is 2.24. The van der Waals surface area contributed by atoms with Gasteiger partial charge in [-0.2, -0.15) is 0 Å². The number of aryl methyl sites for hydroxylation is 1. The van der Waals surface area contributed by atoms with Crippen LogP contribution in [-0.4, -0.2) is 34.6 Å². The van der Waals surface area contributed by atoms with Gasteiger partial charge in [0.05, 0.1) is 18.7 Å². The average Bonchev–Trinajstić information content (AvgIpc) is 2.17. The van der Waals surface area contributed by atoms with Crippen LogP contribution in [0.2, 0.25) is 0 Å². The van der Waals surface area contributed by atoms with Crippen molar-refractivity contribution >= 4 is 21.8 Å². The summed E-state index contributed by atoms with van der Waals surface area (Å²) < 4.78 is 1.000. The lowest BCUT2D eigenvalue weighted by Gasteiger charge is -2.44. The van der Waals surface area contributed by atoms with Crippen molar-refractivity contribution in [2.45, 2.75) is 19.4 Å². The molecule has 1 N–H and O–H groups in total. The fourth-order valence-electron chi connectivity index (χ4n) is 1.88. The Hall–Kier alpha value is -0.870. The van der Waals surface area contributed by atoms with Crippen LogP contribution < -0.4 is 0 Å². The largest absolute Gasteiger partial charge is 0.386 e. The number of hydrogen-bond acceptors (Lipinski definition) is 2. The van der Waals surface area contributed by atoms with Crippen molar-refractivity contribution in [2.24, 2.45) is 0 Å². The molecule has 1 aromatic carbocycles. The molecule has 1 saturated heterocycles. The van der Waals surface area contributed by atoms with Crippen molar-refractivity contribution in [3.63, 3.8) is 0 Å². The van der Waals surface area contributed by atoms with E-state index in [1.807, 2.05) is 19.1 Å². The predicted octanol–water partition coefficient (Wildman–Crippen LogP) is 1.96. The molecule has 86 valence electrons. The Morgan fingerprint density at radius 1 is 1.50 bits per heavy atom. The highest BCUT2D eigenvalue weighted by atomic mass is 79.9. The van der Waals surface area contributed by atoms with Gasteiger partial charge in [0.2, 0.25) is 0 Å². The Morgan fingerprint density at radius 3 is 2.62 bits per heavy atom. The van der Waals surface area contributed by atoms with Gasteiger partial charge in [0, 0.05) is 10.0 Å². The number of halogens is 1. The lowest BCUT2D eigenvalue weighted by Crippen LogP contribution is -2.61. The number of amides is 1. The SMILES string of the molecule is Cc1cc(C(=O)N2CC(C)(O)C2)ccc1Br. The lowest BCUT2D eigenvalue weighted by atomic mass is 9.95. The minimum atomic E-state index is -0.708. The molecule has 0 aromatic heterocycles. The second-order valence-electron chi connectivity index (χ2n) is 4.62. The first-order chi connectivity index (χ1) is 7.39. The molecule has 16 heavy (non-hydrogen) atoms. The fraction of sp³-hybridized carbons (Fsp3) is 0.417. The van der Waals surface area contributed by atoms with Crippen molar-refractivity contribution in [1.82, 2.24) is 4.90 Å². The van der Waals surface area contributed by atoms with E-state index in [2.05, 4.69) is 15.9 Å². The van der Waals surface area contributed by atoms with Crippen LogP contribution in [0.1, 0.15) is 22.8 Å². The van der Waals surface area contributed by atoms with E-state index >= 15 is 0 Å². The molecule has 0 bridgehead atoms. The van der Waals surface area contributed by atoms with Gasteiger partial charge in [-0.15, -0.1) is 0 Å². The number of hydrogen-bond donors (Lipinski definition) is 1. The Morgan fingerprint density at radius 2 is 2.12 bits per heavy atom. The van der Waals surface area contributed by atoms with Crippen LogP contribution >= 0.6 is 15.9 Å². The van der Waals surface area contributed by atoms with E-state index in [0.29, 0.717) is 18.7 Å². The normalized spacial score (nSPS) is 18.1. The summed E-state index contributed by atoms with van der Waals surface area (Å²) in [5.74, 6) is -0.0119. The number of benzene rings is 1. The minimum absolute atomic E-state index is 0.0119. The molecule has 4 heteroatoms. The number of rotatable bonds is 1. The van der Waals surface area contributed by atoms with E-state index in [-0.39, 0.29) is 5.91 Å². The number of carbonyl (C=O) groups is 1. The smallest absolute Gasteiger partial charge is 0.254 e. The van der Waals surface area contributed by atoms with Crippen LogP contribution in [0.5, 0.6) is 0 Å². The summed E-state index contributed by atoms with van der Waals surface area (Å²) in [7, 11) is 0. The quantitative estimate of drug-likeness (QED) is 0.856. The Balaban J connectivity index is 2.13. The molecule has 0 unspecified atom stereocenters. The second kappa shape index (κ2) is 3.86. The van der Waals surface area contributed by atoms with Gasteiger partial charge in [0.15, 0.2) is 0 Å². The number of β-amino-alcohol motifs (C(OH)–C–C–N with tert-alkyl or cyclic N) is 1. The van der Waals surface area contributed by atoms with Crippen LogP contribution in [-0.2, 0) is 0 Å². The first-order valence-electron chi connectivity index (χ1n) is 5.17. The molecule has 0 saturated carbocycles. The topological polar surface area (TPSA) is 40.5 Å². The molecule has 1 amide bonds. The third-order valence-electron chi connectivity index (χ3n) is 2.76. The predicted molar refractivity (Wildman–Crippen MR) is 65.4 cm³/mol. The van der Waals surface area contributed by atoms with Crippen molar-refractivity contribution in [1.29, 1.82) is 0 Å². The summed E-state index contributed by atoms with van der Waals surface area (Å²) in [6.07, 6.45) is 0. The van der Waals surface area contributed by atoms with Crippen LogP contribution in [0.25, 0.3) is 0 Å². The summed E-state index contributed by atoms with van der Waals surface area (Å²) in [6, 6.07) is 5.53. The van der Waals surface area contributed by atoms with E-state index in [1.165, 1.54) is 0 Å². The molecule has 0 aliphatic carbocycles. The summed E-state index contributed by atoms with van der Waals surface area (Å²) in [5, 5.41) is 9.58. The van der Waals surface area contributed by atoms with Crippen LogP contribution in [0, 0.1) is 6.92 Å². The Bertz CT molecular complexity index is 435. The Kier molecular flexibility index (Phi) is 2.80. The average molecular weight is 284 g/mol. The molecule has 1 fully saturated rings. The standard InChI is InChI=1S/C12H14BrNO2/c1-8-5-9(3-4-10(8)13)11(15)14-6-12(2,16)7-14/h3-5,16H,6-7H2,1-2H3. The van der Waals surface area contributed by atoms with Crippen LogP contribution in [0.4, 0.5) is 0 Å². The summed E-state index contributed by atoms with van der Waals surface area (Å²) in [6.45, 7) is 4.53. The van der Waals surface area contributed by atoms with Crippen molar-refractivity contribution < 1.29 is 9.90 Å². The number of aliphatic hydroxyl groups is 1. The lowest BCUT2D eigenvalue weighted by molar-refractivity contribution is -0.0668. The van der Waals surface area contributed by atoms with Gasteiger partial charge in [0.25, 0.3) is 5.91 Å². The van der Waals surface area contributed by atoms with Crippen molar-refractivity contribution in [2.75, 3.05) is 13.1 Å². The maximum absolute atomic E-state index is 12.0. The van der Waals surface area contributed by atoms with Gasteiger partial charge in [0.1, 0.15) is 0 Å². The number of likely N-dealkylation sites (tertiary alicyclic amines) is 1. The van der Waals surface area contributed by atoms with Crippen LogP contribution in [0.3, 0.4) is 0 Å². The first kappa shape index (κ1) is 11.6. The van der Waals surface area contributed by atoms with Crippen molar-refractivity contribution in [3.05, 3.63) is 33.8 Å². The maximum atomic E-state index is 12.0. The number of nitrogens with zero attached hydrogens (tertiary/aromatic N) is 1. The van der Waals surface area contributed by atoms with Crippen molar-refractivity contribution in [3.8, 4) is 0 Å². The van der Waals surface area contributed by atoms with E-state index in [4.69, 9.17) is 0 Å². The zero-order chi connectivity index (χ0) is 11.9. The molecule has 0 spiro atoms. The molecule has 2 rings (SSSR count). The third kappa shape index (κ3) is 2.13. The molecular weight excluding hydrogens is 270 g/mol. The summed E-state index contributed by atoms with van der Waals surface area (Å²) in [5.41, 5.74) is 1.01. The zero-order valence-corrected chi connectivity index (χ0v) is 10.9. The van der Waals surface area contributed by atoms with E-state index < -0.39 is 5.60 Å². The first-order valence-corrected chi connectivity index (χ1v) is 5.96. The summed E-state index contributed by atoms with van der Waals surface area (Å²) in [4.78, 5) is 13.6. The summed E-state index contributed by atoms with van der Waals surface area (Å²) >= 11 is 3.40. The molecule has 1 aliphatic rings. The van der Waals surface area contributed by atoms with Crippen LogP contribution in [0.15, 0.2) is 22.7 Å². The van der Waals surface area contributed by atoms with E-state index in [1.54, 1.807) is 17.9 Å². The zero-order valence-electron chi connectivity index (χ0n) is 9.33.